The van der Waals surface area contributed by atoms with Crippen LogP contribution in [0.15, 0.2) is 18.2 Å². The fraction of sp³-hybridized carbons (Fsp3) is 0.308. The summed E-state index contributed by atoms with van der Waals surface area (Å²) in [5.41, 5.74) is 0.744. The molecule has 4 nitrogen and oxygen atoms in total. The van der Waals surface area contributed by atoms with Crippen LogP contribution in [0.25, 0.3) is 0 Å². The number of anilines is 1. The van der Waals surface area contributed by atoms with E-state index in [4.69, 9.17) is 9.84 Å². The van der Waals surface area contributed by atoms with E-state index in [9.17, 15) is 9.18 Å². The van der Waals surface area contributed by atoms with Gasteiger partial charge in [0.15, 0.2) is 0 Å². The van der Waals surface area contributed by atoms with E-state index in [1.807, 2.05) is 0 Å². The minimum atomic E-state index is -0.452. The second-order valence-electron chi connectivity index (χ2n) is 3.44. The summed E-state index contributed by atoms with van der Waals surface area (Å²) >= 11 is 0. The number of amides is 1. The number of hydrogen-bond donors (Lipinski definition) is 2. The third kappa shape index (κ3) is 4.53. The molecular formula is C13H14FNO3. The lowest BCUT2D eigenvalue weighted by Gasteiger charge is -2.07. The molecule has 0 bridgehead atoms. The Hall–Kier alpha value is -1.90. The molecule has 0 aliphatic carbocycles. The van der Waals surface area contributed by atoms with Gasteiger partial charge in [-0.15, -0.1) is 0 Å². The van der Waals surface area contributed by atoms with Crippen LogP contribution in [0.3, 0.4) is 0 Å². The molecule has 2 N–H and O–H groups in total. The maximum atomic E-state index is 13.1. The van der Waals surface area contributed by atoms with E-state index in [0.717, 1.165) is 0 Å². The quantitative estimate of drug-likeness (QED) is 0.789. The molecule has 0 aliphatic heterocycles. The lowest BCUT2D eigenvalue weighted by molar-refractivity contribution is -0.117. The molecular weight excluding hydrogens is 237 g/mol. The first kappa shape index (κ1) is 14.2. The first-order chi connectivity index (χ1) is 8.67. The zero-order valence-corrected chi connectivity index (χ0v) is 10.00. The second kappa shape index (κ2) is 7.43. The molecule has 1 aromatic carbocycles. The van der Waals surface area contributed by atoms with Gasteiger partial charge in [-0.05, 0) is 18.2 Å². The Morgan fingerprint density at radius 1 is 1.56 bits per heavy atom. The van der Waals surface area contributed by atoms with Crippen molar-refractivity contribution in [2.45, 2.75) is 6.42 Å². The first-order valence-electron chi connectivity index (χ1n) is 5.35. The fourth-order valence-electron chi connectivity index (χ4n) is 1.27. The summed E-state index contributed by atoms with van der Waals surface area (Å²) in [6.45, 7) is -0.0156. The average Bonchev–Trinajstić information content (AvgIpc) is 2.36. The molecule has 18 heavy (non-hydrogen) atoms. The average molecular weight is 251 g/mol. The topological polar surface area (TPSA) is 58.6 Å². The number of rotatable bonds is 4. The minimum absolute atomic E-state index is 0.209. The summed E-state index contributed by atoms with van der Waals surface area (Å²) in [5.74, 6) is 4.30. The molecule has 0 atom stereocenters. The SMILES string of the molecule is COCCC(=O)Nc1ccc(F)cc1C#CCO. The summed E-state index contributed by atoms with van der Waals surface area (Å²) in [6.07, 6.45) is 0.209. The molecule has 0 unspecified atom stereocenters. The van der Waals surface area contributed by atoms with Crippen LogP contribution >= 0.6 is 0 Å². The van der Waals surface area contributed by atoms with E-state index in [-0.39, 0.29) is 18.9 Å². The third-order valence-corrected chi connectivity index (χ3v) is 2.09. The van der Waals surface area contributed by atoms with Gasteiger partial charge in [-0.1, -0.05) is 11.8 Å². The van der Waals surface area contributed by atoms with E-state index in [1.165, 1.54) is 25.3 Å². The molecule has 0 aromatic heterocycles. The van der Waals surface area contributed by atoms with Gasteiger partial charge in [-0.2, -0.15) is 0 Å². The molecule has 0 fully saturated rings. The van der Waals surface area contributed by atoms with Crippen molar-refractivity contribution in [2.75, 3.05) is 25.6 Å². The van der Waals surface area contributed by atoms with Crippen molar-refractivity contribution in [3.8, 4) is 11.8 Å². The molecule has 0 saturated heterocycles. The van der Waals surface area contributed by atoms with E-state index in [0.29, 0.717) is 17.9 Å². The Balaban J connectivity index is 2.84. The van der Waals surface area contributed by atoms with Gasteiger partial charge in [0.25, 0.3) is 0 Å². The normalized spacial score (nSPS) is 9.50. The number of hydrogen-bond acceptors (Lipinski definition) is 3. The van der Waals surface area contributed by atoms with Crippen LogP contribution in [0.2, 0.25) is 0 Å². The number of nitrogens with one attached hydrogen (secondary N) is 1. The fourth-order valence-corrected chi connectivity index (χ4v) is 1.27. The van der Waals surface area contributed by atoms with Gasteiger partial charge in [0.1, 0.15) is 12.4 Å². The highest BCUT2D eigenvalue weighted by molar-refractivity contribution is 5.92. The van der Waals surface area contributed by atoms with Gasteiger partial charge in [0.05, 0.1) is 24.3 Å². The Bertz CT molecular complexity index is 477. The number of methoxy groups -OCH3 is 1. The number of benzene rings is 1. The van der Waals surface area contributed by atoms with Gasteiger partial charge < -0.3 is 15.2 Å². The third-order valence-electron chi connectivity index (χ3n) is 2.09. The Morgan fingerprint density at radius 2 is 2.33 bits per heavy atom. The summed E-state index contributed by atoms with van der Waals surface area (Å²) in [7, 11) is 1.50. The van der Waals surface area contributed by atoms with Crippen molar-refractivity contribution < 1.29 is 19.0 Å². The van der Waals surface area contributed by atoms with E-state index >= 15 is 0 Å². The summed E-state index contributed by atoms with van der Waals surface area (Å²) < 4.78 is 17.8. The van der Waals surface area contributed by atoms with Crippen LogP contribution in [-0.4, -0.2) is 31.3 Å². The molecule has 96 valence electrons. The highest BCUT2D eigenvalue weighted by Gasteiger charge is 2.06. The van der Waals surface area contributed by atoms with Crippen molar-refractivity contribution in [2.24, 2.45) is 0 Å². The number of carbonyl (C=O) groups is 1. The molecule has 1 aromatic rings. The monoisotopic (exact) mass is 251 g/mol. The number of aliphatic hydroxyl groups excluding tert-OH is 1. The van der Waals surface area contributed by atoms with E-state index in [2.05, 4.69) is 17.2 Å². The van der Waals surface area contributed by atoms with Crippen LogP contribution < -0.4 is 5.32 Å². The Kier molecular flexibility index (Phi) is 5.85. The lowest BCUT2D eigenvalue weighted by Crippen LogP contribution is -2.14. The molecule has 1 amide bonds. The standard InChI is InChI=1S/C13H14FNO3/c1-18-8-6-13(17)15-12-5-4-11(14)9-10(12)3-2-7-16/h4-5,9,16H,6-8H2,1H3,(H,15,17). The Labute approximate surface area is 105 Å². The van der Waals surface area contributed by atoms with Crippen LogP contribution in [0, 0.1) is 17.7 Å². The predicted molar refractivity (Wildman–Crippen MR) is 65.5 cm³/mol. The molecule has 0 spiro atoms. The van der Waals surface area contributed by atoms with E-state index < -0.39 is 5.82 Å². The van der Waals surface area contributed by atoms with Gasteiger partial charge in [-0.3, -0.25) is 4.79 Å². The molecule has 0 radical (unpaired) electrons. The van der Waals surface area contributed by atoms with Gasteiger partial charge in [-0.25, -0.2) is 4.39 Å². The molecule has 1 rings (SSSR count). The maximum Gasteiger partial charge on any atom is 0.226 e. The van der Waals surface area contributed by atoms with Gasteiger partial charge >= 0.3 is 0 Å². The van der Waals surface area contributed by atoms with Crippen molar-refractivity contribution in [3.05, 3.63) is 29.6 Å². The largest absolute Gasteiger partial charge is 0.384 e. The van der Waals surface area contributed by atoms with Crippen LogP contribution in [-0.2, 0) is 9.53 Å². The zero-order valence-electron chi connectivity index (χ0n) is 10.00. The van der Waals surface area contributed by atoms with E-state index in [1.54, 1.807) is 0 Å². The second-order valence-corrected chi connectivity index (χ2v) is 3.44. The summed E-state index contributed by atoms with van der Waals surface area (Å²) in [5, 5.41) is 11.2. The van der Waals surface area contributed by atoms with Gasteiger partial charge in [0, 0.05) is 7.11 Å². The molecule has 0 aliphatic rings. The Morgan fingerprint density at radius 3 is 3.00 bits per heavy atom. The predicted octanol–water partition coefficient (Wildman–Crippen LogP) is 1.14. The highest BCUT2D eigenvalue weighted by Crippen LogP contribution is 2.16. The summed E-state index contributed by atoms with van der Waals surface area (Å²) in [4.78, 5) is 11.5. The molecule has 0 heterocycles. The lowest BCUT2D eigenvalue weighted by atomic mass is 10.1. The van der Waals surface area contributed by atoms with Crippen LogP contribution in [0.5, 0.6) is 0 Å². The van der Waals surface area contributed by atoms with Crippen molar-refractivity contribution >= 4 is 11.6 Å². The summed E-state index contributed by atoms with van der Waals surface area (Å²) in [6, 6.07) is 3.87. The first-order valence-corrected chi connectivity index (χ1v) is 5.35. The van der Waals surface area contributed by atoms with Crippen molar-refractivity contribution in [1.29, 1.82) is 0 Å². The van der Waals surface area contributed by atoms with Crippen molar-refractivity contribution in [3.63, 3.8) is 0 Å². The number of aliphatic hydroxyl groups is 1. The molecule has 5 heteroatoms. The number of halogens is 1. The van der Waals surface area contributed by atoms with Crippen LogP contribution in [0.1, 0.15) is 12.0 Å². The smallest absolute Gasteiger partial charge is 0.226 e. The number of carbonyl (C=O) groups excluding carboxylic acids is 1. The van der Waals surface area contributed by atoms with Crippen LogP contribution in [0.4, 0.5) is 10.1 Å². The number of ether oxygens (including phenoxy) is 1. The van der Waals surface area contributed by atoms with Crippen molar-refractivity contribution in [1.82, 2.24) is 0 Å². The minimum Gasteiger partial charge on any atom is -0.384 e. The highest BCUT2D eigenvalue weighted by atomic mass is 19.1. The maximum absolute atomic E-state index is 13.1. The van der Waals surface area contributed by atoms with Gasteiger partial charge in [0.2, 0.25) is 5.91 Å². The molecule has 0 saturated carbocycles. The zero-order chi connectivity index (χ0) is 13.4.